The van der Waals surface area contributed by atoms with E-state index in [4.69, 9.17) is 0 Å². The molecule has 2 aromatic carbocycles. The van der Waals surface area contributed by atoms with Gasteiger partial charge in [0.25, 0.3) is 10.0 Å². The molecule has 0 radical (unpaired) electrons. The summed E-state index contributed by atoms with van der Waals surface area (Å²) in [6.45, 7) is 2.59. The van der Waals surface area contributed by atoms with Crippen LogP contribution in [0.4, 0.5) is 0 Å². The Morgan fingerprint density at radius 1 is 1.12 bits per heavy atom. The number of carbonyl (C=O) groups is 1. The minimum atomic E-state index is -3.68. The summed E-state index contributed by atoms with van der Waals surface area (Å²) >= 11 is 0. The highest BCUT2D eigenvalue weighted by Gasteiger charge is 2.30. The predicted octanol–water partition coefficient (Wildman–Crippen LogP) is 1.99. The van der Waals surface area contributed by atoms with Crippen LogP contribution in [0.2, 0.25) is 0 Å². The molecule has 0 fully saturated rings. The number of fused-ring (bicyclic) bond motifs is 1. The van der Waals surface area contributed by atoms with Crippen LogP contribution in [0, 0.1) is 0 Å². The second-order valence-electron chi connectivity index (χ2n) is 6.36. The second kappa shape index (κ2) is 7.29. The average molecular weight is 371 g/mol. The number of amidine groups is 1. The summed E-state index contributed by atoms with van der Waals surface area (Å²) in [5.41, 5.74) is 1.68. The number of benzene rings is 2. The molecule has 6 nitrogen and oxygen atoms in total. The Hall–Kier alpha value is -2.67. The summed E-state index contributed by atoms with van der Waals surface area (Å²) < 4.78 is 28.0. The van der Waals surface area contributed by atoms with Crippen molar-refractivity contribution in [2.45, 2.75) is 17.7 Å². The van der Waals surface area contributed by atoms with E-state index in [-0.39, 0.29) is 23.3 Å². The number of nitrogens with zero attached hydrogens (tertiary/aromatic N) is 2. The fourth-order valence-electron chi connectivity index (χ4n) is 2.88. The lowest BCUT2D eigenvalue weighted by Crippen LogP contribution is -2.39. The van der Waals surface area contributed by atoms with Crippen molar-refractivity contribution in [1.82, 2.24) is 10.2 Å². The second-order valence-corrected chi connectivity index (χ2v) is 7.93. The zero-order chi connectivity index (χ0) is 18.7. The van der Waals surface area contributed by atoms with Crippen LogP contribution in [0.25, 0.3) is 0 Å². The van der Waals surface area contributed by atoms with Gasteiger partial charge in [-0.05, 0) is 23.6 Å². The molecular weight excluding hydrogens is 350 g/mol. The van der Waals surface area contributed by atoms with E-state index in [2.05, 4.69) is 9.71 Å². The van der Waals surface area contributed by atoms with Gasteiger partial charge in [-0.25, -0.2) is 0 Å². The molecule has 3 rings (SSSR count). The van der Waals surface area contributed by atoms with E-state index in [1.54, 1.807) is 30.1 Å². The molecule has 2 aromatic rings. The third-order valence-electron chi connectivity index (χ3n) is 4.33. The molecule has 1 atom stereocenters. The van der Waals surface area contributed by atoms with Crippen molar-refractivity contribution >= 4 is 21.8 Å². The normalized spacial score (nSPS) is 15.7. The Labute approximate surface area is 153 Å². The predicted molar refractivity (Wildman–Crippen MR) is 101 cm³/mol. The lowest BCUT2D eigenvalue weighted by molar-refractivity contribution is -0.121. The molecule has 0 unspecified atom stereocenters. The number of likely N-dealkylation sites (N-methyl/N-ethyl adjacent to an activating group) is 1. The number of amides is 1. The van der Waals surface area contributed by atoms with Crippen molar-refractivity contribution < 1.29 is 13.2 Å². The lowest BCUT2D eigenvalue weighted by Gasteiger charge is -2.19. The Balaban J connectivity index is 1.62. The van der Waals surface area contributed by atoms with Crippen LogP contribution in [0.3, 0.4) is 0 Å². The topological polar surface area (TPSA) is 78.8 Å². The number of hydrogen-bond donors (Lipinski definition) is 1. The third-order valence-corrected chi connectivity index (χ3v) is 5.65. The Morgan fingerprint density at radius 3 is 2.50 bits per heavy atom. The number of sulfonamides is 1. The van der Waals surface area contributed by atoms with Gasteiger partial charge in [-0.3, -0.25) is 4.79 Å². The molecule has 0 spiro atoms. The maximum atomic E-state index is 12.3. The van der Waals surface area contributed by atoms with Gasteiger partial charge in [0, 0.05) is 19.2 Å². The van der Waals surface area contributed by atoms with Gasteiger partial charge in [0.15, 0.2) is 5.84 Å². The highest BCUT2D eigenvalue weighted by molar-refractivity contribution is 7.90. The first-order valence-electron chi connectivity index (χ1n) is 8.35. The van der Waals surface area contributed by atoms with Crippen LogP contribution in [0.15, 0.2) is 63.9 Å². The van der Waals surface area contributed by atoms with Crippen molar-refractivity contribution in [3.63, 3.8) is 0 Å². The molecule has 26 heavy (non-hydrogen) atoms. The molecule has 1 heterocycles. The van der Waals surface area contributed by atoms with E-state index in [0.717, 1.165) is 5.56 Å². The number of nitrogens with one attached hydrogen (secondary N) is 1. The van der Waals surface area contributed by atoms with Gasteiger partial charge in [-0.1, -0.05) is 49.4 Å². The van der Waals surface area contributed by atoms with Crippen molar-refractivity contribution in [3.05, 3.63) is 65.7 Å². The third kappa shape index (κ3) is 3.77. The molecular formula is C19H21N3O3S. The van der Waals surface area contributed by atoms with Crippen molar-refractivity contribution in [2.24, 2.45) is 4.40 Å². The Bertz CT molecular complexity index is 940. The number of rotatable bonds is 5. The Kier molecular flexibility index (Phi) is 5.08. The van der Waals surface area contributed by atoms with Crippen LogP contribution in [0.5, 0.6) is 0 Å². The Morgan fingerprint density at radius 2 is 1.77 bits per heavy atom. The van der Waals surface area contributed by atoms with E-state index in [1.807, 2.05) is 37.3 Å². The van der Waals surface area contributed by atoms with Gasteiger partial charge < -0.3 is 10.2 Å². The molecule has 1 amide bonds. The van der Waals surface area contributed by atoms with Crippen LogP contribution >= 0.6 is 0 Å². The van der Waals surface area contributed by atoms with Gasteiger partial charge in [0.05, 0.1) is 6.54 Å². The highest BCUT2D eigenvalue weighted by Crippen LogP contribution is 2.26. The molecule has 0 saturated heterocycles. The fraction of sp³-hybridized carbons (Fsp3) is 0.263. The van der Waals surface area contributed by atoms with Gasteiger partial charge in [0.1, 0.15) is 4.90 Å². The molecule has 1 aliphatic heterocycles. The molecule has 0 aromatic heterocycles. The lowest BCUT2D eigenvalue weighted by atomic mass is 10.0. The molecule has 1 aliphatic rings. The number of hydrogen-bond acceptors (Lipinski definition) is 4. The van der Waals surface area contributed by atoms with E-state index < -0.39 is 10.0 Å². The van der Waals surface area contributed by atoms with Crippen molar-refractivity contribution in [3.8, 4) is 0 Å². The van der Waals surface area contributed by atoms with E-state index >= 15 is 0 Å². The summed E-state index contributed by atoms with van der Waals surface area (Å²) in [4.78, 5) is 14.0. The summed E-state index contributed by atoms with van der Waals surface area (Å²) in [5, 5.41) is 2.89. The van der Waals surface area contributed by atoms with E-state index in [9.17, 15) is 13.2 Å². The summed E-state index contributed by atoms with van der Waals surface area (Å²) in [6, 6.07) is 16.6. The average Bonchev–Trinajstić information content (AvgIpc) is 2.92. The molecule has 136 valence electrons. The van der Waals surface area contributed by atoms with Crippen LogP contribution < -0.4 is 5.32 Å². The maximum Gasteiger partial charge on any atom is 0.285 e. The van der Waals surface area contributed by atoms with Crippen LogP contribution in [-0.4, -0.2) is 45.2 Å². The first kappa shape index (κ1) is 18.1. The van der Waals surface area contributed by atoms with Gasteiger partial charge in [0.2, 0.25) is 5.91 Å². The van der Waals surface area contributed by atoms with E-state index in [0.29, 0.717) is 17.9 Å². The zero-order valence-electron chi connectivity index (χ0n) is 14.7. The first-order chi connectivity index (χ1) is 12.4. The quantitative estimate of drug-likeness (QED) is 0.872. The van der Waals surface area contributed by atoms with Crippen molar-refractivity contribution in [1.29, 1.82) is 0 Å². The maximum absolute atomic E-state index is 12.3. The molecule has 1 N–H and O–H groups in total. The van der Waals surface area contributed by atoms with Crippen LogP contribution in [-0.2, 0) is 14.8 Å². The minimum Gasteiger partial charge on any atom is -0.354 e. The van der Waals surface area contributed by atoms with Gasteiger partial charge in [-0.15, -0.1) is 4.40 Å². The zero-order valence-corrected chi connectivity index (χ0v) is 15.5. The standard InChI is InChI=1S/C19H21N3O3S/c1-14(15-8-4-3-5-9-15)12-20-18(23)13-22(2)19-16-10-6-7-11-17(16)26(24,25)21-19/h3-11,14H,12-13H2,1-2H3,(H,20,23)/t14-/m1/s1. The largest absolute Gasteiger partial charge is 0.354 e. The number of carbonyl (C=O) groups excluding carboxylic acids is 1. The molecule has 0 bridgehead atoms. The molecule has 0 aliphatic carbocycles. The monoisotopic (exact) mass is 371 g/mol. The first-order valence-corrected chi connectivity index (χ1v) is 9.79. The smallest absolute Gasteiger partial charge is 0.285 e. The van der Waals surface area contributed by atoms with E-state index in [1.165, 1.54) is 6.07 Å². The summed E-state index contributed by atoms with van der Waals surface area (Å²) in [5.74, 6) is 0.307. The van der Waals surface area contributed by atoms with Crippen molar-refractivity contribution in [2.75, 3.05) is 20.1 Å². The highest BCUT2D eigenvalue weighted by atomic mass is 32.2. The summed E-state index contributed by atoms with van der Waals surface area (Å²) in [7, 11) is -2.02. The summed E-state index contributed by atoms with van der Waals surface area (Å²) in [6.07, 6.45) is 0. The van der Waals surface area contributed by atoms with Gasteiger partial charge >= 0.3 is 0 Å². The molecule has 0 saturated carbocycles. The SMILES string of the molecule is C[C@H](CNC(=O)CN(C)C1=NS(=O)(=O)c2ccccc21)c1ccccc1. The minimum absolute atomic E-state index is 0.0319. The van der Waals surface area contributed by atoms with Crippen LogP contribution in [0.1, 0.15) is 24.0 Å². The van der Waals surface area contributed by atoms with Gasteiger partial charge in [-0.2, -0.15) is 8.42 Å². The fourth-order valence-corrected chi connectivity index (χ4v) is 4.13. The molecule has 7 heteroatoms.